The molecular weight excluding hydrogens is 256 g/mol. The number of nitrogens with zero attached hydrogens (tertiary/aromatic N) is 1. The number of esters is 1. The van der Waals surface area contributed by atoms with Crippen LogP contribution in [0, 0.1) is 5.92 Å². The van der Waals surface area contributed by atoms with Gasteiger partial charge in [0.05, 0.1) is 12.5 Å². The van der Waals surface area contributed by atoms with Crippen LogP contribution in [-0.4, -0.2) is 28.9 Å². The Hall–Kier alpha value is -1.91. The van der Waals surface area contributed by atoms with Gasteiger partial charge in [0.15, 0.2) is 11.4 Å². The normalized spacial score (nSPS) is 25.3. The third-order valence-corrected chi connectivity index (χ3v) is 3.62. The molecule has 0 radical (unpaired) electrons. The number of pyridine rings is 1. The molecule has 0 aromatic carbocycles. The van der Waals surface area contributed by atoms with Crippen molar-refractivity contribution in [1.29, 1.82) is 0 Å². The SMILES string of the molecule is CCC[C@H]1C[C@@](C)(C(=O)CNc2ccccn2)OC1=O. The molecule has 2 heterocycles. The number of nitrogens with one attached hydrogen (secondary N) is 1. The zero-order valence-electron chi connectivity index (χ0n) is 11.9. The first-order valence-electron chi connectivity index (χ1n) is 6.96. The number of anilines is 1. The molecule has 0 spiro atoms. The van der Waals surface area contributed by atoms with E-state index < -0.39 is 5.60 Å². The average molecular weight is 276 g/mol. The zero-order valence-corrected chi connectivity index (χ0v) is 11.9. The van der Waals surface area contributed by atoms with Gasteiger partial charge in [-0.2, -0.15) is 0 Å². The van der Waals surface area contributed by atoms with Crippen LogP contribution >= 0.6 is 0 Å². The van der Waals surface area contributed by atoms with Gasteiger partial charge in [-0.15, -0.1) is 0 Å². The smallest absolute Gasteiger partial charge is 0.310 e. The quantitative estimate of drug-likeness (QED) is 0.807. The molecule has 5 heteroatoms. The summed E-state index contributed by atoms with van der Waals surface area (Å²) in [4.78, 5) is 28.1. The standard InChI is InChI=1S/C15H20N2O3/c1-3-6-11-9-15(2,20-14(11)19)12(18)10-17-13-7-4-5-8-16-13/h4-5,7-8,11H,3,6,9-10H2,1-2H3,(H,16,17)/t11-,15-/m0/s1. The van der Waals surface area contributed by atoms with Crippen molar-refractivity contribution < 1.29 is 14.3 Å². The fourth-order valence-corrected chi connectivity index (χ4v) is 2.46. The number of ketones is 1. The second kappa shape index (κ2) is 6.03. The Balaban J connectivity index is 1.94. The molecule has 1 N–H and O–H groups in total. The van der Waals surface area contributed by atoms with Crippen LogP contribution in [0.1, 0.15) is 33.1 Å². The maximum Gasteiger partial charge on any atom is 0.310 e. The van der Waals surface area contributed by atoms with Gasteiger partial charge in [-0.3, -0.25) is 9.59 Å². The van der Waals surface area contributed by atoms with Crippen LogP contribution < -0.4 is 5.32 Å². The highest BCUT2D eigenvalue weighted by Gasteiger charge is 2.47. The van der Waals surface area contributed by atoms with E-state index in [9.17, 15) is 9.59 Å². The lowest BCUT2D eigenvalue weighted by Crippen LogP contribution is -2.39. The van der Waals surface area contributed by atoms with E-state index in [-0.39, 0.29) is 24.2 Å². The highest BCUT2D eigenvalue weighted by molar-refractivity contribution is 5.94. The monoisotopic (exact) mass is 276 g/mol. The minimum absolute atomic E-state index is 0.111. The summed E-state index contributed by atoms with van der Waals surface area (Å²) in [7, 11) is 0. The van der Waals surface area contributed by atoms with Gasteiger partial charge in [0.25, 0.3) is 0 Å². The third-order valence-electron chi connectivity index (χ3n) is 3.62. The van der Waals surface area contributed by atoms with E-state index in [0.717, 1.165) is 12.8 Å². The molecule has 1 saturated heterocycles. The summed E-state index contributed by atoms with van der Waals surface area (Å²) in [5, 5.41) is 2.96. The number of carbonyl (C=O) groups excluding carboxylic acids is 2. The third kappa shape index (κ3) is 3.15. The fourth-order valence-electron chi connectivity index (χ4n) is 2.46. The predicted octanol–water partition coefficient (Wildman–Crippen LogP) is 2.18. The molecule has 0 unspecified atom stereocenters. The number of hydrogen-bond acceptors (Lipinski definition) is 5. The number of Topliss-reactive ketones (excluding diaryl/α,β-unsaturated/α-hetero) is 1. The van der Waals surface area contributed by atoms with Gasteiger partial charge < -0.3 is 10.1 Å². The van der Waals surface area contributed by atoms with Gasteiger partial charge in [-0.05, 0) is 25.5 Å². The van der Waals surface area contributed by atoms with Crippen LogP contribution in [0.4, 0.5) is 5.82 Å². The largest absolute Gasteiger partial charge is 0.451 e. The predicted molar refractivity (Wildman–Crippen MR) is 75.2 cm³/mol. The first kappa shape index (κ1) is 14.5. The van der Waals surface area contributed by atoms with E-state index in [4.69, 9.17) is 4.74 Å². The lowest BCUT2D eigenvalue weighted by molar-refractivity contribution is -0.156. The minimum atomic E-state index is -1.00. The molecule has 2 rings (SSSR count). The summed E-state index contributed by atoms with van der Waals surface area (Å²) in [5.74, 6) is 0.123. The van der Waals surface area contributed by atoms with Crippen molar-refractivity contribution in [2.24, 2.45) is 5.92 Å². The molecule has 1 aliphatic rings. The second-order valence-corrected chi connectivity index (χ2v) is 5.33. The number of aromatic nitrogens is 1. The Kier molecular flexibility index (Phi) is 4.37. The Morgan fingerprint density at radius 1 is 1.55 bits per heavy atom. The number of rotatable bonds is 6. The van der Waals surface area contributed by atoms with Gasteiger partial charge in [0, 0.05) is 12.6 Å². The van der Waals surface area contributed by atoms with E-state index in [1.165, 1.54) is 0 Å². The van der Waals surface area contributed by atoms with E-state index in [0.29, 0.717) is 12.2 Å². The average Bonchev–Trinajstić information content (AvgIpc) is 2.74. The zero-order chi connectivity index (χ0) is 14.6. The summed E-state index contributed by atoms with van der Waals surface area (Å²) in [5.41, 5.74) is -1.00. The van der Waals surface area contributed by atoms with Crippen molar-refractivity contribution in [3.8, 4) is 0 Å². The number of carbonyl (C=O) groups is 2. The summed E-state index contributed by atoms with van der Waals surface area (Å²) in [6, 6.07) is 5.44. The fraction of sp³-hybridized carbons (Fsp3) is 0.533. The van der Waals surface area contributed by atoms with Crippen LogP contribution in [0.3, 0.4) is 0 Å². The van der Waals surface area contributed by atoms with Gasteiger partial charge in [0.1, 0.15) is 5.82 Å². The molecule has 1 aliphatic heterocycles. The molecular formula is C15H20N2O3. The molecule has 2 atom stereocenters. The number of hydrogen-bond donors (Lipinski definition) is 1. The lowest BCUT2D eigenvalue weighted by atomic mass is 9.89. The van der Waals surface area contributed by atoms with Gasteiger partial charge in [-0.1, -0.05) is 19.4 Å². The second-order valence-electron chi connectivity index (χ2n) is 5.33. The van der Waals surface area contributed by atoms with Crippen molar-refractivity contribution in [3.05, 3.63) is 24.4 Å². The summed E-state index contributed by atoms with van der Waals surface area (Å²) < 4.78 is 5.32. The van der Waals surface area contributed by atoms with Gasteiger partial charge in [0.2, 0.25) is 0 Å². The van der Waals surface area contributed by atoms with E-state index in [1.807, 2.05) is 19.1 Å². The Labute approximate surface area is 118 Å². The van der Waals surface area contributed by atoms with Gasteiger partial charge >= 0.3 is 5.97 Å². The number of cyclic esters (lactones) is 1. The Morgan fingerprint density at radius 2 is 2.35 bits per heavy atom. The van der Waals surface area contributed by atoms with Crippen LogP contribution in [0.15, 0.2) is 24.4 Å². The molecule has 1 fully saturated rings. The van der Waals surface area contributed by atoms with Crippen LogP contribution in [0.25, 0.3) is 0 Å². The summed E-state index contributed by atoms with van der Waals surface area (Å²) in [6.07, 6.45) is 3.81. The van der Waals surface area contributed by atoms with Crippen molar-refractivity contribution in [1.82, 2.24) is 4.98 Å². The van der Waals surface area contributed by atoms with Gasteiger partial charge in [-0.25, -0.2) is 4.98 Å². The highest BCUT2D eigenvalue weighted by atomic mass is 16.6. The molecule has 5 nitrogen and oxygen atoms in total. The lowest BCUT2D eigenvalue weighted by Gasteiger charge is -2.21. The Morgan fingerprint density at radius 3 is 3.00 bits per heavy atom. The van der Waals surface area contributed by atoms with Crippen LogP contribution in [0.2, 0.25) is 0 Å². The molecule has 1 aromatic heterocycles. The summed E-state index contributed by atoms with van der Waals surface area (Å²) in [6.45, 7) is 3.83. The molecule has 108 valence electrons. The molecule has 0 aliphatic carbocycles. The van der Waals surface area contributed by atoms with E-state index in [2.05, 4.69) is 10.3 Å². The molecule has 0 amide bonds. The topological polar surface area (TPSA) is 68.3 Å². The molecule has 0 bridgehead atoms. The Bertz CT molecular complexity index is 489. The van der Waals surface area contributed by atoms with Crippen molar-refractivity contribution in [2.45, 2.75) is 38.7 Å². The summed E-state index contributed by atoms with van der Waals surface area (Å²) >= 11 is 0. The van der Waals surface area contributed by atoms with Crippen molar-refractivity contribution >= 4 is 17.6 Å². The van der Waals surface area contributed by atoms with E-state index in [1.54, 1.807) is 19.2 Å². The maximum atomic E-state index is 12.3. The highest BCUT2D eigenvalue weighted by Crippen LogP contribution is 2.34. The molecule has 20 heavy (non-hydrogen) atoms. The first-order valence-corrected chi connectivity index (χ1v) is 6.96. The van der Waals surface area contributed by atoms with E-state index >= 15 is 0 Å². The molecule has 1 aromatic rings. The van der Waals surface area contributed by atoms with Crippen LogP contribution in [-0.2, 0) is 14.3 Å². The maximum absolute atomic E-state index is 12.3. The minimum Gasteiger partial charge on any atom is -0.451 e. The van der Waals surface area contributed by atoms with Crippen molar-refractivity contribution in [2.75, 3.05) is 11.9 Å². The molecule has 0 saturated carbocycles. The van der Waals surface area contributed by atoms with Crippen LogP contribution in [0.5, 0.6) is 0 Å². The number of ether oxygens (including phenoxy) is 1. The first-order chi connectivity index (χ1) is 9.55. The van der Waals surface area contributed by atoms with Crippen molar-refractivity contribution in [3.63, 3.8) is 0 Å².